The lowest BCUT2D eigenvalue weighted by atomic mass is 9.89. The van der Waals surface area contributed by atoms with Crippen LogP contribution in [0.3, 0.4) is 0 Å². The van der Waals surface area contributed by atoms with E-state index >= 15 is 0 Å². The van der Waals surface area contributed by atoms with E-state index in [1.807, 2.05) is 6.92 Å². The van der Waals surface area contributed by atoms with E-state index in [0.717, 1.165) is 13.0 Å². The van der Waals surface area contributed by atoms with Gasteiger partial charge in [0.25, 0.3) is 0 Å². The number of carbonyl (C=O) groups excluding carboxylic acids is 1. The fraction of sp³-hybridized carbons (Fsp3) is 0.867. The Morgan fingerprint density at radius 1 is 1.25 bits per heavy atom. The van der Waals surface area contributed by atoms with Crippen LogP contribution in [0.2, 0.25) is 0 Å². The molecule has 116 valence electrons. The largest absolute Gasteiger partial charge is 0.480 e. The number of carboxylic acids is 1. The standard InChI is InChI=1S/C15H28N2O3/c1-2-6-13(15(19)20)16-10-9-14(18)17-11-12-7-4-3-5-8-12/h12-13,16H,2-11H2,1H3,(H,17,18)(H,19,20). The monoisotopic (exact) mass is 284 g/mol. The van der Waals surface area contributed by atoms with E-state index in [0.29, 0.717) is 25.3 Å². The normalized spacial score (nSPS) is 17.6. The van der Waals surface area contributed by atoms with E-state index in [1.54, 1.807) is 0 Å². The van der Waals surface area contributed by atoms with E-state index in [-0.39, 0.29) is 5.91 Å². The van der Waals surface area contributed by atoms with Crippen molar-refractivity contribution < 1.29 is 14.7 Å². The third kappa shape index (κ3) is 6.89. The summed E-state index contributed by atoms with van der Waals surface area (Å²) in [5.74, 6) is -0.189. The molecule has 1 aliphatic rings. The van der Waals surface area contributed by atoms with Crippen LogP contribution in [0.5, 0.6) is 0 Å². The number of aliphatic carboxylic acids is 1. The van der Waals surface area contributed by atoms with Gasteiger partial charge >= 0.3 is 5.97 Å². The molecule has 0 aromatic heterocycles. The predicted octanol–water partition coefficient (Wildman–Crippen LogP) is 1.92. The first-order valence-electron chi connectivity index (χ1n) is 7.86. The second-order valence-electron chi connectivity index (χ2n) is 5.69. The summed E-state index contributed by atoms with van der Waals surface area (Å²) in [6.45, 7) is 3.15. The predicted molar refractivity (Wildman–Crippen MR) is 78.5 cm³/mol. The Kier molecular flexibility index (Phi) is 8.26. The zero-order valence-corrected chi connectivity index (χ0v) is 12.5. The van der Waals surface area contributed by atoms with Crippen molar-refractivity contribution in [3.05, 3.63) is 0 Å². The zero-order valence-electron chi connectivity index (χ0n) is 12.5. The van der Waals surface area contributed by atoms with Gasteiger partial charge in [0.15, 0.2) is 0 Å². The van der Waals surface area contributed by atoms with Crippen molar-refractivity contribution in [2.75, 3.05) is 13.1 Å². The van der Waals surface area contributed by atoms with Crippen LogP contribution in [-0.2, 0) is 9.59 Å². The van der Waals surface area contributed by atoms with Crippen LogP contribution in [-0.4, -0.2) is 36.1 Å². The van der Waals surface area contributed by atoms with Gasteiger partial charge in [-0.05, 0) is 25.2 Å². The molecule has 5 heteroatoms. The summed E-state index contributed by atoms with van der Waals surface area (Å²) in [6.07, 6.45) is 8.07. The highest BCUT2D eigenvalue weighted by Gasteiger charge is 2.16. The Hall–Kier alpha value is -1.10. The van der Waals surface area contributed by atoms with Gasteiger partial charge in [-0.15, -0.1) is 0 Å². The van der Waals surface area contributed by atoms with E-state index in [1.165, 1.54) is 32.1 Å². The first kappa shape index (κ1) is 17.0. The van der Waals surface area contributed by atoms with Crippen LogP contribution in [0.4, 0.5) is 0 Å². The number of hydrogen-bond acceptors (Lipinski definition) is 3. The van der Waals surface area contributed by atoms with E-state index < -0.39 is 12.0 Å². The van der Waals surface area contributed by atoms with Crippen LogP contribution in [0.1, 0.15) is 58.3 Å². The Morgan fingerprint density at radius 3 is 2.55 bits per heavy atom. The van der Waals surface area contributed by atoms with Crippen LogP contribution in [0.25, 0.3) is 0 Å². The molecule has 0 spiro atoms. The lowest BCUT2D eigenvalue weighted by molar-refractivity contribution is -0.139. The number of rotatable bonds is 9. The quantitative estimate of drug-likeness (QED) is 0.604. The maximum atomic E-state index is 11.7. The van der Waals surface area contributed by atoms with Crippen LogP contribution < -0.4 is 10.6 Å². The van der Waals surface area contributed by atoms with E-state index in [2.05, 4.69) is 10.6 Å². The molecule has 1 rings (SSSR count). The van der Waals surface area contributed by atoms with Gasteiger partial charge in [-0.3, -0.25) is 9.59 Å². The minimum atomic E-state index is -0.838. The summed E-state index contributed by atoms with van der Waals surface area (Å²) >= 11 is 0. The molecule has 0 radical (unpaired) electrons. The Labute approximate surface area is 121 Å². The topological polar surface area (TPSA) is 78.4 Å². The summed E-state index contributed by atoms with van der Waals surface area (Å²) < 4.78 is 0. The maximum absolute atomic E-state index is 11.7. The molecule has 20 heavy (non-hydrogen) atoms. The number of carboxylic acid groups (broad SMARTS) is 1. The van der Waals surface area contributed by atoms with Gasteiger partial charge in [0, 0.05) is 19.5 Å². The second-order valence-corrected chi connectivity index (χ2v) is 5.69. The Balaban J connectivity index is 2.10. The summed E-state index contributed by atoms with van der Waals surface area (Å²) in [7, 11) is 0. The fourth-order valence-corrected chi connectivity index (χ4v) is 2.70. The Morgan fingerprint density at radius 2 is 1.95 bits per heavy atom. The molecule has 0 aliphatic heterocycles. The fourth-order valence-electron chi connectivity index (χ4n) is 2.70. The number of amides is 1. The van der Waals surface area contributed by atoms with Gasteiger partial charge in [0.2, 0.25) is 5.91 Å². The minimum absolute atomic E-state index is 0.0173. The van der Waals surface area contributed by atoms with Gasteiger partial charge in [0.05, 0.1) is 0 Å². The van der Waals surface area contributed by atoms with Gasteiger partial charge < -0.3 is 15.7 Å². The molecule has 0 heterocycles. The number of nitrogens with one attached hydrogen (secondary N) is 2. The van der Waals surface area contributed by atoms with Gasteiger partial charge in [-0.25, -0.2) is 0 Å². The van der Waals surface area contributed by atoms with Crippen LogP contribution >= 0.6 is 0 Å². The summed E-state index contributed by atoms with van der Waals surface area (Å²) in [5.41, 5.74) is 0. The highest BCUT2D eigenvalue weighted by Crippen LogP contribution is 2.22. The van der Waals surface area contributed by atoms with Gasteiger partial charge in [-0.1, -0.05) is 32.6 Å². The molecule has 0 bridgehead atoms. The first-order valence-corrected chi connectivity index (χ1v) is 7.86. The minimum Gasteiger partial charge on any atom is -0.480 e. The molecule has 1 unspecified atom stereocenters. The molecule has 1 aliphatic carbocycles. The SMILES string of the molecule is CCCC(NCCC(=O)NCC1CCCCC1)C(=O)O. The third-order valence-corrected chi connectivity index (χ3v) is 3.93. The van der Waals surface area contributed by atoms with E-state index in [4.69, 9.17) is 5.11 Å². The third-order valence-electron chi connectivity index (χ3n) is 3.93. The van der Waals surface area contributed by atoms with E-state index in [9.17, 15) is 9.59 Å². The van der Waals surface area contributed by atoms with Crippen LogP contribution in [0.15, 0.2) is 0 Å². The molecular formula is C15H28N2O3. The summed E-state index contributed by atoms with van der Waals surface area (Å²) in [5, 5.41) is 14.9. The zero-order chi connectivity index (χ0) is 14.8. The molecule has 3 N–H and O–H groups in total. The second kappa shape index (κ2) is 9.75. The van der Waals surface area contributed by atoms with Crippen molar-refractivity contribution >= 4 is 11.9 Å². The van der Waals surface area contributed by atoms with Crippen LogP contribution in [0, 0.1) is 5.92 Å². The maximum Gasteiger partial charge on any atom is 0.320 e. The van der Waals surface area contributed by atoms with Crippen molar-refractivity contribution in [3.8, 4) is 0 Å². The highest BCUT2D eigenvalue weighted by molar-refractivity contribution is 5.76. The van der Waals surface area contributed by atoms with Gasteiger partial charge in [0.1, 0.15) is 6.04 Å². The molecule has 0 aromatic rings. The lowest BCUT2D eigenvalue weighted by Gasteiger charge is -2.21. The lowest BCUT2D eigenvalue weighted by Crippen LogP contribution is -2.39. The molecule has 5 nitrogen and oxygen atoms in total. The molecule has 0 saturated heterocycles. The van der Waals surface area contributed by atoms with Crippen molar-refractivity contribution in [1.82, 2.24) is 10.6 Å². The van der Waals surface area contributed by atoms with Crippen molar-refractivity contribution in [2.24, 2.45) is 5.92 Å². The first-order chi connectivity index (χ1) is 9.63. The molecule has 1 fully saturated rings. The van der Waals surface area contributed by atoms with Crippen molar-refractivity contribution in [2.45, 2.75) is 64.3 Å². The number of hydrogen-bond donors (Lipinski definition) is 3. The Bertz CT molecular complexity index is 301. The average Bonchev–Trinajstić information content (AvgIpc) is 2.45. The average molecular weight is 284 g/mol. The highest BCUT2D eigenvalue weighted by atomic mass is 16.4. The molecular weight excluding hydrogens is 256 g/mol. The molecule has 1 amide bonds. The molecule has 1 atom stereocenters. The van der Waals surface area contributed by atoms with Crippen molar-refractivity contribution in [3.63, 3.8) is 0 Å². The summed E-state index contributed by atoms with van der Waals surface area (Å²) in [6, 6.07) is -0.536. The molecule has 1 saturated carbocycles. The summed E-state index contributed by atoms with van der Waals surface area (Å²) in [4.78, 5) is 22.6. The van der Waals surface area contributed by atoms with Gasteiger partial charge in [-0.2, -0.15) is 0 Å². The smallest absolute Gasteiger partial charge is 0.320 e. The van der Waals surface area contributed by atoms with Crippen molar-refractivity contribution in [1.29, 1.82) is 0 Å². The molecule has 0 aromatic carbocycles. The number of carbonyl (C=O) groups is 2.